The smallest absolute Gasteiger partial charge is 0.322 e. The number of nitrogens with two attached hydrogens (primary N) is 1. The lowest BCUT2D eigenvalue weighted by Gasteiger charge is -2.33. The maximum absolute atomic E-state index is 11.8. The van der Waals surface area contributed by atoms with Gasteiger partial charge in [-0.25, -0.2) is 0 Å². The van der Waals surface area contributed by atoms with Gasteiger partial charge in [0, 0.05) is 13.0 Å². The molecular formula is C12H21N5O2. The van der Waals surface area contributed by atoms with E-state index in [1.54, 1.807) is 6.92 Å². The summed E-state index contributed by atoms with van der Waals surface area (Å²) < 4.78 is 5.10. The van der Waals surface area contributed by atoms with E-state index < -0.39 is 0 Å². The molecule has 0 saturated carbocycles. The number of carbonyl (C=O) groups is 1. The van der Waals surface area contributed by atoms with Crippen LogP contribution < -0.4 is 11.1 Å². The first-order valence-electron chi connectivity index (χ1n) is 6.62. The topological polar surface area (TPSA) is 97.3 Å². The number of aromatic nitrogens is 2. The Balaban J connectivity index is 1.75. The maximum Gasteiger partial charge on any atom is 0.322 e. The van der Waals surface area contributed by atoms with Crippen molar-refractivity contribution in [3.05, 3.63) is 5.89 Å². The van der Waals surface area contributed by atoms with E-state index in [0.717, 1.165) is 25.9 Å². The molecule has 0 bridgehead atoms. The van der Waals surface area contributed by atoms with Crippen molar-refractivity contribution in [3.8, 4) is 0 Å². The first-order valence-corrected chi connectivity index (χ1v) is 6.62. The summed E-state index contributed by atoms with van der Waals surface area (Å²) in [5.74, 6) is 0.883. The number of hydrogen-bond acceptors (Lipinski definition) is 6. The largest absolute Gasteiger partial charge is 0.408 e. The Morgan fingerprint density at radius 1 is 1.53 bits per heavy atom. The molecule has 7 heteroatoms. The number of anilines is 1. The van der Waals surface area contributed by atoms with Gasteiger partial charge in [0.1, 0.15) is 0 Å². The molecule has 0 aliphatic carbocycles. The Labute approximate surface area is 112 Å². The predicted octanol–water partition coefficient (Wildman–Crippen LogP) is 0.376. The molecule has 1 aliphatic rings. The number of likely N-dealkylation sites (tertiary alicyclic amines) is 1. The van der Waals surface area contributed by atoms with Gasteiger partial charge in [0.2, 0.25) is 11.8 Å². The van der Waals surface area contributed by atoms with Gasteiger partial charge >= 0.3 is 6.01 Å². The van der Waals surface area contributed by atoms with Crippen LogP contribution in [0.3, 0.4) is 0 Å². The van der Waals surface area contributed by atoms with E-state index in [2.05, 4.69) is 20.4 Å². The summed E-state index contributed by atoms with van der Waals surface area (Å²) in [4.78, 5) is 13.9. The highest BCUT2D eigenvalue weighted by atomic mass is 16.4. The average Bonchev–Trinajstić information content (AvgIpc) is 2.75. The zero-order chi connectivity index (χ0) is 13.8. The summed E-state index contributed by atoms with van der Waals surface area (Å²) in [6, 6.07) is 0.394. The number of piperidine rings is 1. The van der Waals surface area contributed by atoms with Gasteiger partial charge in [-0.3, -0.25) is 15.0 Å². The summed E-state index contributed by atoms with van der Waals surface area (Å²) >= 11 is 0. The second-order valence-electron chi connectivity index (χ2n) is 5.15. The standard InChI is InChI=1S/C12H21N5O2/c1-8(13)10-3-5-17(6-4-10)7-11(18)14-12-16-15-9(2)19-12/h8,10H,3-7,13H2,1-2H3,(H,14,16,18). The molecule has 0 spiro atoms. The van der Waals surface area contributed by atoms with Gasteiger partial charge in [-0.2, -0.15) is 0 Å². The first-order chi connectivity index (χ1) is 9.04. The second-order valence-corrected chi connectivity index (χ2v) is 5.15. The van der Waals surface area contributed by atoms with Crippen LogP contribution in [-0.2, 0) is 4.79 Å². The monoisotopic (exact) mass is 267 g/mol. The van der Waals surface area contributed by atoms with Gasteiger partial charge < -0.3 is 10.2 Å². The number of nitrogens with zero attached hydrogens (tertiary/aromatic N) is 3. The van der Waals surface area contributed by atoms with Crippen LogP contribution in [0.1, 0.15) is 25.7 Å². The van der Waals surface area contributed by atoms with Gasteiger partial charge in [0.25, 0.3) is 0 Å². The molecule has 1 atom stereocenters. The number of nitrogens with one attached hydrogen (secondary N) is 1. The molecule has 1 unspecified atom stereocenters. The van der Waals surface area contributed by atoms with Gasteiger partial charge in [0.15, 0.2) is 0 Å². The van der Waals surface area contributed by atoms with E-state index in [4.69, 9.17) is 10.2 Å². The summed E-state index contributed by atoms with van der Waals surface area (Å²) in [6.07, 6.45) is 2.09. The van der Waals surface area contributed by atoms with Crippen molar-refractivity contribution in [1.82, 2.24) is 15.1 Å². The number of amides is 1. The van der Waals surface area contributed by atoms with E-state index in [-0.39, 0.29) is 18.0 Å². The molecular weight excluding hydrogens is 246 g/mol. The molecule has 2 heterocycles. The number of hydrogen-bond donors (Lipinski definition) is 2. The Hall–Kier alpha value is -1.47. The Morgan fingerprint density at radius 3 is 2.74 bits per heavy atom. The van der Waals surface area contributed by atoms with Crippen molar-refractivity contribution < 1.29 is 9.21 Å². The van der Waals surface area contributed by atoms with E-state index in [1.807, 2.05) is 6.92 Å². The van der Waals surface area contributed by atoms with Gasteiger partial charge in [0.05, 0.1) is 6.54 Å². The van der Waals surface area contributed by atoms with E-state index in [0.29, 0.717) is 18.4 Å². The summed E-state index contributed by atoms with van der Waals surface area (Å²) in [6.45, 7) is 5.89. The lowest BCUT2D eigenvalue weighted by molar-refractivity contribution is -0.117. The van der Waals surface area contributed by atoms with Crippen LogP contribution in [0.25, 0.3) is 0 Å². The zero-order valence-electron chi connectivity index (χ0n) is 11.4. The minimum Gasteiger partial charge on any atom is -0.408 e. The number of carbonyl (C=O) groups excluding carboxylic acids is 1. The first kappa shape index (κ1) is 14.0. The molecule has 1 fully saturated rings. The molecule has 1 aromatic rings. The highest BCUT2D eigenvalue weighted by Gasteiger charge is 2.23. The zero-order valence-corrected chi connectivity index (χ0v) is 11.4. The normalized spacial score (nSPS) is 19.3. The minimum absolute atomic E-state index is 0.122. The van der Waals surface area contributed by atoms with Crippen molar-refractivity contribution in [3.63, 3.8) is 0 Å². The second kappa shape index (κ2) is 6.12. The molecule has 19 heavy (non-hydrogen) atoms. The van der Waals surface area contributed by atoms with Crippen LogP contribution in [0, 0.1) is 12.8 Å². The van der Waals surface area contributed by atoms with E-state index >= 15 is 0 Å². The minimum atomic E-state index is -0.122. The van der Waals surface area contributed by atoms with Crippen molar-refractivity contribution in [2.75, 3.05) is 25.0 Å². The molecule has 1 aromatic heterocycles. The Bertz CT molecular complexity index is 424. The SMILES string of the molecule is Cc1nnc(NC(=O)CN2CCC(C(C)N)CC2)o1. The Morgan fingerprint density at radius 2 is 2.21 bits per heavy atom. The fourth-order valence-electron chi connectivity index (χ4n) is 2.35. The molecule has 1 amide bonds. The maximum atomic E-state index is 11.8. The van der Waals surface area contributed by atoms with E-state index in [1.165, 1.54) is 0 Å². The molecule has 0 aromatic carbocycles. The van der Waals surface area contributed by atoms with Crippen LogP contribution in [0.15, 0.2) is 4.42 Å². The fraction of sp³-hybridized carbons (Fsp3) is 0.750. The third-order valence-corrected chi connectivity index (χ3v) is 3.52. The predicted molar refractivity (Wildman–Crippen MR) is 70.5 cm³/mol. The molecule has 0 radical (unpaired) electrons. The highest BCUT2D eigenvalue weighted by Crippen LogP contribution is 2.19. The fourth-order valence-corrected chi connectivity index (χ4v) is 2.35. The van der Waals surface area contributed by atoms with Crippen LogP contribution >= 0.6 is 0 Å². The Kier molecular flexibility index (Phi) is 4.49. The number of aryl methyl sites for hydroxylation is 1. The molecule has 106 valence electrons. The number of rotatable bonds is 4. The molecule has 3 N–H and O–H groups in total. The van der Waals surface area contributed by atoms with Gasteiger partial charge in [-0.15, -0.1) is 5.10 Å². The van der Waals surface area contributed by atoms with Crippen LogP contribution in [0.2, 0.25) is 0 Å². The van der Waals surface area contributed by atoms with Crippen molar-refractivity contribution in [2.24, 2.45) is 11.7 Å². The highest BCUT2D eigenvalue weighted by molar-refractivity contribution is 5.90. The third kappa shape index (κ3) is 4.00. The summed E-state index contributed by atoms with van der Waals surface area (Å²) in [5.41, 5.74) is 5.89. The average molecular weight is 267 g/mol. The quantitative estimate of drug-likeness (QED) is 0.818. The van der Waals surface area contributed by atoms with Crippen LogP contribution in [0.5, 0.6) is 0 Å². The van der Waals surface area contributed by atoms with Crippen molar-refractivity contribution >= 4 is 11.9 Å². The van der Waals surface area contributed by atoms with Crippen LogP contribution in [-0.4, -0.2) is 46.7 Å². The van der Waals surface area contributed by atoms with Crippen LogP contribution in [0.4, 0.5) is 6.01 Å². The van der Waals surface area contributed by atoms with Gasteiger partial charge in [-0.1, -0.05) is 5.10 Å². The molecule has 1 aliphatic heterocycles. The lowest BCUT2D eigenvalue weighted by atomic mass is 9.91. The molecule has 2 rings (SSSR count). The summed E-state index contributed by atoms with van der Waals surface area (Å²) in [7, 11) is 0. The summed E-state index contributed by atoms with van der Waals surface area (Å²) in [5, 5.41) is 9.99. The van der Waals surface area contributed by atoms with E-state index in [9.17, 15) is 4.79 Å². The third-order valence-electron chi connectivity index (χ3n) is 3.52. The molecule has 1 saturated heterocycles. The van der Waals surface area contributed by atoms with Crippen molar-refractivity contribution in [2.45, 2.75) is 32.7 Å². The van der Waals surface area contributed by atoms with Gasteiger partial charge in [-0.05, 0) is 38.8 Å². The van der Waals surface area contributed by atoms with Crippen molar-refractivity contribution in [1.29, 1.82) is 0 Å². The lowest BCUT2D eigenvalue weighted by Crippen LogP contribution is -2.42. The molecule has 7 nitrogen and oxygen atoms in total.